The van der Waals surface area contributed by atoms with Crippen LogP contribution in [0.4, 0.5) is 0 Å². The van der Waals surface area contributed by atoms with Gasteiger partial charge < -0.3 is 10.1 Å². The molecule has 3 aliphatic rings. The molecular weight excluding hydrogens is 246 g/mol. The number of carbonyl (C=O) groups is 1. The maximum Gasteiger partial charge on any atom is 0.139 e. The minimum atomic E-state index is 0.0517. The Bertz CT molecular complexity index is 309. The second-order valence-corrected chi connectivity index (χ2v) is 7.06. The molecule has 1 N–H and O–H groups in total. The van der Waals surface area contributed by atoms with Crippen LogP contribution in [0.3, 0.4) is 0 Å². The molecule has 0 aromatic heterocycles. The van der Waals surface area contributed by atoms with Gasteiger partial charge in [0, 0.05) is 24.2 Å². The van der Waals surface area contributed by atoms with Gasteiger partial charge in [-0.1, -0.05) is 0 Å². The molecule has 2 atom stereocenters. The van der Waals surface area contributed by atoms with Gasteiger partial charge in [0.1, 0.15) is 5.78 Å². The number of ether oxygens (including phenoxy) is 1. The molecule has 0 aliphatic carbocycles. The molecule has 0 saturated carbocycles. The highest BCUT2D eigenvalue weighted by Crippen LogP contribution is 2.41. The molecule has 3 nitrogen and oxygen atoms in total. The SMILES string of the molecule is O=C(C1CCNCC1)C1CCOC2(CCSC2)C1. The molecule has 3 rings (SSSR count). The van der Waals surface area contributed by atoms with Crippen LogP contribution in [0.25, 0.3) is 0 Å². The Balaban J connectivity index is 1.62. The van der Waals surface area contributed by atoms with Crippen molar-refractivity contribution in [3.8, 4) is 0 Å². The van der Waals surface area contributed by atoms with E-state index in [2.05, 4.69) is 5.32 Å². The van der Waals surface area contributed by atoms with E-state index in [0.29, 0.717) is 11.7 Å². The van der Waals surface area contributed by atoms with Gasteiger partial charge in [-0.2, -0.15) is 11.8 Å². The van der Waals surface area contributed by atoms with Gasteiger partial charge in [-0.05, 0) is 50.9 Å². The Hall–Kier alpha value is -0.0600. The first-order valence-corrected chi connectivity index (χ1v) is 8.41. The normalized spacial score (nSPS) is 38.1. The number of hydrogen-bond donors (Lipinski definition) is 1. The van der Waals surface area contributed by atoms with Gasteiger partial charge in [0.15, 0.2) is 0 Å². The summed E-state index contributed by atoms with van der Waals surface area (Å²) in [4.78, 5) is 12.6. The van der Waals surface area contributed by atoms with Gasteiger partial charge >= 0.3 is 0 Å². The Morgan fingerprint density at radius 2 is 2.06 bits per heavy atom. The maximum atomic E-state index is 12.6. The average Bonchev–Trinajstić information content (AvgIpc) is 2.87. The summed E-state index contributed by atoms with van der Waals surface area (Å²) in [5.41, 5.74) is 0.0517. The van der Waals surface area contributed by atoms with Gasteiger partial charge in [-0.25, -0.2) is 0 Å². The van der Waals surface area contributed by atoms with Crippen molar-refractivity contribution in [3.63, 3.8) is 0 Å². The van der Waals surface area contributed by atoms with Crippen LogP contribution in [0.1, 0.15) is 32.1 Å². The Morgan fingerprint density at radius 3 is 2.78 bits per heavy atom. The van der Waals surface area contributed by atoms with Crippen molar-refractivity contribution in [2.75, 3.05) is 31.2 Å². The Kier molecular flexibility index (Phi) is 3.97. The predicted molar refractivity (Wildman–Crippen MR) is 73.9 cm³/mol. The Morgan fingerprint density at radius 1 is 1.22 bits per heavy atom. The van der Waals surface area contributed by atoms with Gasteiger partial charge in [-0.15, -0.1) is 0 Å². The summed E-state index contributed by atoms with van der Waals surface area (Å²) in [6.45, 7) is 2.82. The summed E-state index contributed by atoms with van der Waals surface area (Å²) >= 11 is 1.98. The van der Waals surface area contributed by atoms with E-state index >= 15 is 0 Å². The number of rotatable bonds is 2. The number of hydrogen-bond acceptors (Lipinski definition) is 4. The molecular formula is C14H23NO2S. The van der Waals surface area contributed by atoms with Crippen LogP contribution in [0.2, 0.25) is 0 Å². The summed E-state index contributed by atoms with van der Waals surface area (Å²) in [5, 5.41) is 3.34. The van der Waals surface area contributed by atoms with Crippen LogP contribution >= 0.6 is 11.8 Å². The molecule has 3 fully saturated rings. The zero-order valence-corrected chi connectivity index (χ0v) is 11.8. The molecule has 0 aromatic carbocycles. The Labute approximate surface area is 113 Å². The van der Waals surface area contributed by atoms with Gasteiger partial charge in [-0.3, -0.25) is 4.79 Å². The third kappa shape index (κ3) is 2.61. The molecule has 3 heterocycles. The first-order valence-electron chi connectivity index (χ1n) is 7.25. The molecule has 1 spiro atoms. The maximum absolute atomic E-state index is 12.6. The first-order chi connectivity index (χ1) is 8.79. The lowest BCUT2D eigenvalue weighted by Gasteiger charge is -2.38. The van der Waals surface area contributed by atoms with Crippen LogP contribution < -0.4 is 5.32 Å². The van der Waals surface area contributed by atoms with Gasteiger partial charge in [0.05, 0.1) is 5.60 Å². The van der Waals surface area contributed by atoms with E-state index in [1.807, 2.05) is 11.8 Å². The highest BCUT2D eigenvalue weighted by molar-refractivity contribution is 7.99. The smallest absolute Gasteiger partial charge is 0.139 e. The van der Waals surface area contributed by atoms with Crippen LogP contribution in [0.5, 0.6) is 0 Å². The van der Waals surface area contributed by atoms with E-state index in [-0.39, 0.29) is 11.5 Å². The quantitative estimate of drug-likeness (QED) is 0.830. The lowest BCUT2D eigenvalue weighted by Crippen LogP contribution is -2.44. The molecule has 0 amide bonds. The van der Waals surface area contributed by atoms with Crippen molar-refractivity contribution < 1.29 is 9.53 Å². The molecule has 3 aliphatic heterocycles. The summed E-state index contributed by atoms with van der Waals surface area (Å²) in [6.07, 6.45) is 5.17. The topological polar surface area (TPSA) is 38.3 Å². The van der Waals surface area contributed by atoms with Crippen molar-refractivity contribution >= 4 is 17.5 Å². The lowest BCUT2D eigenvalue weighted by molar-refractivity contribution is -0.138. The molecule has 0 aromatic rings. The predicted octanol–water partition coefficient (Wildman–Crippen LogP) is 1.86. The van der Waals surface area contributed by atoms with Crippen LogP contribution in [-0.2, 0) is 9.53 Å². The van der Waals surface area contributed by atoms with E-state index in [4.69, 9.17) is 4.74 Å². The molecule has 4 heteroatoms. The van der Waals surface area contributed by atoms with Crippen LogP contribution in [-0.4, -0.2) is 42.6 Å². The number of ketones is 1. The highest BCUT2D eigenvalue weighted by Gasteiger charge is 2.43. The summed E-state index contributed by atoms with van der Waals surface area (Å²) in [6, 6.07) is 0. The van der Waals surface area contributed by atoms with Crippen LogP contribution in [0.15, 0.2) is 0 Å². The third-order valence-corrected chi connectivity index (χ3v) is 5.93. The van der Waals surface area contributed by atoms with Crippen molar-refractivity contribution in [2.24, 2.45) is 11.8 Å². The van der Waals surface area contributed by atoms with Crippen molar-refractivity contribution in [2.45, 2.75) is 37.7 Å². The van der Waals surface area contributed by atoms with E-state index < -0.39 is 0 Å². The monoisotopic (exact) mass is 269 g/mol. The fraction of sp³-hybridized carbons (Fsp3) is 0.929. The van der Waals surface area contributed by atoms with Gasteiger partial charge in [0.25, 0.3) is 0 Å². The largest absolute Gasteiger partial charge is 0.374 e. The summed E-state index contributed by atoms with van der Waals surface area (Å²) in [7, 11) is 0. The minimum Gasteiger partial charge on any atom is -0.374 e. The zero-order chi connectivity index (χ0) is 12.4. The fourth-order valence-electron chi connectivity index (χ4n) is 3.57. The lowest BCUT2D eigenvalue weighted by atomic mass is 9.77. The van der Waals surface area contributed by atoms with Crippen molar-refractivity contribution in [3.05, 3.63) is 0 Å². The molecule has 18 heavy (non-hydrogen) atoms. The number of thioether (sulfide) groups is 1. The van der Waals surface area contributed by atoms with Crippen molar-refractivity contribution in [1.29, 1.82) is 0 Å². The minimum absolute atomic E-state index is 0.0517. The zero-order valence-electron chi connectivity index (χ0n) is 11.0. The molecule has 0 radical (unpaired) electrons. The van der Waals surface area contributed by atoms with E-state index in [0.717, 1.165) is 57.6 Å². The van der Waals surface area contributed by atoms with Crippen LogP contribution in [0, 0.1) is 11.8 Å². The molecule has 0 bridgehead atoms. The van der Waals surface area contributed by atoms with E-state index in [9.17, 15) is 4.79 Å². The second-order valence-electron chi connectivity index (χ2n) is 5.95. The van der Waals surface area contributed by atoms with Crippen molar-refractivity contribution in [1.82, 2.24) is 5.32 Å². The molecule has 3 saturated heterocycles. The standard InChI is InChI=1S/C14H23NO2S/c16-13(11-1-5-15-6-2-11)12-3-7-17-14(9-12)4-8-18-10-14/h11-12,15H,1-10H2. The van der Waals surface area contributed by atoms with E-state index in [1.54, 1.807) is 0 Å². The molecule has 2 unspecified atom stereocenters. The third-order valence-electron chi connectivity index (χ3n) is 4.70. The number of carbonyl (C=O) groups excluding carboxylic acids is 1. The highest BCUT2D eigenvalue weighted by atomic mass is 32.2. The van der Waals surface area contributed by atoms with E-state index in [1.165, 1.54) is 5.75 Å². The van der Waals surface area contributed by atoms with Gasteiger partial charge in [0.2, 0.25) is 0 Å². The number of Topliss-reactive ketones (excluding diaryl/α,β-unsaturated/α-hetero) is 1. The summed E-state index contributed by atoms with van der Waals surface area (Å²) in [5.74, 6) is 3.44. The average molecular weight is 269 g/mol. The number of piperidine rings is 1. The molecule has 102 valence electrons. The fourth-order valence-corrected chi connectivity index (χ4v) is 4.95. The summed E-state index contributed by atoms with van der Waals surface area (Å²) < 4.78 is 6.01. The number of nitrogens with one attached hydrogen (secondary N) is 1. The first kappa shape index (κ1) is 12.9. The second kappa shape index (κ2) is 5.51.